The number of amides is 1. The second-order valence-electron chi connectivity index (χ2n) is 8.13. The molecule has 1 unspecified atom stereocenters. The number of H-pyrrole nitrogens is 1. The molecule has 1 aliphatic heterocycles. The Morgan fingerprint density at radius 1 is 1.00 bits per heavy atom. The molecule has 1 N–H and O–H groups in total. The van der Waals surface area contributed by atoms with Crippen LogP contribution in [0.3, 0.4) is 0 Å². The molecule has 1 aliphatic rings. The first-order valence-corrected chi connectivity index (χ1v) is 10.8. The molecule has 7 nitrogen and oxygen atoms in total. The highest BCUT2D eigenvalue weighted by Gasteiger charge is 2.33. The minimum atomic E-state index is -0.862. The largest absolute Gasteiger partial charge is 0.368 e. The van der Waals surface area contributed by atoms with Crippen molar-refractivity contribution in [3.63, 3.8) is 0 Å². The Balaban J connectivity index is 1.60. The van der Waals surface area contributed by atoms with E-state index >= 15 is 0 Å². The molecule has 1 atom stereocenters. The van der Waals surface area contributed by atoms with E-state index in [4.69, 9.17) is 11.6 Å². The van der Waals surface area contributed by atoms with Crippen LogP contribution >= 0.6 is 11.6 Å². The molecule has 2 aromatic carbocycles. The molecule has 1 saturated heterocycles. The zero-order valence-electron chi connectivity index (χ0n) is 17.5. The molecule has 1 fully saturated rings. The van der Waals surface area contributed by atoms with Gasteiger partial charge in [0.25, 0.3) is 5.56 Å². The van der Waals surface area contributed by atoms with Crippen molar-refractivity contribution in [2.45, 2.75) is 19.9 Å². The highest BCUT2D eigenvalue weighted by Crippen LogP contribution is 2.23. The smallest absolute Gasteiger partial charge is 0.329 e. The van der Waals surface area contributed by atoms with Gasteiger partial charge in [0.05, 0.1) is 10.9 Å². The lowest BCUT2D eigenvalue weighted by atomic mass is 10.0. The maximum atomic E-state index is 13.5. The van der Waals surface area contributed by atoms with Crippen molar-refractivity contribution in [2.75, 3.05) is 31.1 Å². The molecular formula is C23H25ClN4O3. The molecule has 0 aliphatic carbocycles. The van der Waals surface area contributed by atoms with Crippen molar-refractivity contribution in [1.82, 2.24) is 14.5 Å². The second-order valence-corrected chi connectivity index (χ2v) is 8.57. The summed E-state index contributed by atoms with van der Waals surface area (Å²) in [5, 5.41) is 1.07. The van der Waals surface area contributed by atoms with E-state index in [1.54, 1.807) is 29.2 Å². The summed E-state index contributed by atoms with van der Waals surface area (Å²) in [7, 11) is 0. The minimum absolute atomic E-state index is 0.205. The summed E-state index contributed by atoms with van der Waals surface area (Å²) in [6.07, 6.45) is 0. The predicted octanol–water partition coefficient (Wildman–Crippen LogP) is 2.89. The number of fused-ring (bicyclic) bond motifs is 1. The quantitative estimate of drug-likeness (QED) is 0.676. The van der Waals surface area contributed by atoms with Gasteiger partial charge >= 0.3 is 5.69 Å². The van der Waals surface area contributed by atoms with Crippen molar-refractivity contribution in [3.8, 4) is 0 Å². The summed E-state index contributed by atoms with van der Waals surface area (Å²) >= 11 is 6.10. The number of hydrogen-bond donors (Lipinski definition) is 1. The lowest BCUT2D eigenvalue weighted by Gasteiger charge is -2.38. The van der Waals surface area contributed by atoms with E-state index in [0.29, 0.717) is 42.1 Å². The minimum Gasteiger partial charge on any atom is -0.368 e. The molecular weight excluding hydrogens is 416 g/mol. The second kappa shape index (κ2) is 8.59. The van der Waals surface area contributed by atoms with Crippen molar-refractivity contribution >= 4 is 34.1 Å². The van der Waals surface area contributed by atoms with Crippen LogP contribution in [-0.4, -0.2) is 46.5 Å². The Labute approximate surface area is 184 Å². The third kappa shape index (κ3) is 4.10. The first kappa shape index (κ1) is 21.2. The fourth-order valence-electron chi connectivity index (χ4n) is 4.17. The molecule has 1 amide bonds. The molecule has 8 heteroatoms. The number of halogens is 1. The number of aromatic nitrogens is 2. The highest BCUT2D eigenvalue weighted by molar-refractivity contribution is 6.30. The molecule has 162 valence electrons. The van der Waals surface area contributed by atoms with Gasteiger partial charge in [-0.1, -0.05) is 43.6 Å². The van der Waals surface area contributed by atoms with Crippen LogP contribution in [0.5, 0.6) is 0 Å². The number of anilines is 1. The van der Waals surface area contributed by atoms with E-state index in [-0.39, 0.29) is 11.8 Å². The molecule has 0 bridgehead atoms. The first-order valence-electron chi connectivity index (χ1n) is 10.4. The number of para-hydroxylation sites is 1. The standard InChI is InChI=1S/C23H25ClN4O3/c1-15(2)20(28-21(29)18-8-3-4-9-19(18)25-23(28)31)22(30)27-12-10-26(11-13-27)17-7-5-6-16(24)14-17/h3-9,14-15,20H,10-13H2,1-2H3,(H,25,31). The van der Waals surface area contributed by atoms with Crippen molar-refractivity contribution < 1.29 is 4.79 Å². The molecule has 3 aromatic rings. The molecule has 0 spiro atoms. The van der Waals surface area contributed by atoms with Gasteiger partial charge in [-0.3, -0.25) is 9.59 Å². The summed E-state index contributed by atoms with van der Waals surface area (Å²) < 4.78 is 1.08. The molecule has 31 heavy (non-hydrogen) atoms. The Bertz CT molecular complexity index is 1230. The average molecular weight is 441 g/mol. The van der Waals surface area contributed by atoms with E-state index < -0.39 is 17.3 Å². The van der Waals surface area contributed by atoms with Gasteiger partial charge in [-0.25, -0.2) is 9.36 Å². The van der Waals surface area contributed by atoms with Gasteiger partial charge in [0.2, 0.25) is 5.91 Å². The SMILES string of the molecule is CC(C)C(C(=O)N1CCN(c2cccc(Cl)c2)CC1)n1c(=O)[nH]c2ccccc2c1=O. The van der Waals surface area contributed by atoms with Gasteiger partial charge in [0, 0.05) is 36.9 Å². The van der Waals surface area contributed by atoms with E-state index in [2.05, 4.69) is 9.88 Å². The summed E-state index contributed by atoms with van der Waals surface area (Å²) in [5.41, 5.74) is 0.485. The highest BCUT2D eigenvalue weighted by atomic mass is 35.5. The summed E-state index contributed by atoms with van der Waals surface area (Å²) in [6, 6.07) is 13.6. The van der Waals surface area contributed by atoms with Gasteiger partial charge < -0.3 is 14.8 Å². The Kier molecular flexibility index (Phi) is 5.87. The first-order chi connectivity index (χ1) is 14.9. The van der Waals surface area contributed by atoms with Crippen LogP contribution in [-0.2, 0) is 4.79 Å². The van der Waals surface area contributed by atoms with Crippen molar-refractivity contribution in [2.24, 2.45) is 5.92 Å². The number of carbonyl (C=O) groups excluding carboxylic acids is 1. The summed E-state index contributed by atoms with van der Waals surface area (Å²) in [5.74, 6) is -0.429. The van der Waals surface area contributed by atoms with Crippen molar-refractivity contribution in [3.05, 3.63) is 74.4 Å². The van der Waals surface area contributed by atoms with Gasteiger partial charge in [-0.2, -0.15) is 0 Å². The summed E-state index contributed by atoms with van der Waals surface area (Å²) in [4.78, 5) is 46.0. The fraction of sp³-hybridized carbons (Fsp3) is 0.348. The van der Waals surface area contributed by atoms with Gasteiger partial charge in [-0.05, 0) is 36.2 Å². The normalized spacial score (nSPS) is 15.5. The molecule has 2 heterocycles. The third-order valence-electron chi connectivity index (χ3n) is 5.76. The Morgan fingerprint density at radius 3 is 2.39 bits per heavy atom. The number of nitrogens with one attached hydrogen (secondary N) is 1. The van der Waals surface area contributed by atoms with Crippen LogP contribution in [0.1, 0.15) is 19.9 Å². The van der Waals surface area contributed by atoms with Crippen LogP contribution in [0.15, 0.2) is 58.1 Å². The Hall–Kier alpha value is -3.06. The average Bonchev–Trinajstić information content (AvgIpc) is 2.76. The predicted molar refractivity (Wildman–Crippen MR) is 123 cm³/mol. The zero-order chi connectivity index (χ0) is 22.1. The number of benzene rings is 2. The fourth-order valence-corrected chi connectivity index (χ4v) is 4.35. The van der Waals surface area contributed by atoms with Crippen LogP contribution in [0.2, 0.25) is 5.02 Å². The van der Waals surface area contributed by atoms with Crippen molar-refractivity contribution in [1.29, 1.82) is 0 Å². The van der Waals surface area contributed by atoms with Crippen LogP contribution < -0.4 is 16.1 Å². The van der Waals surface area contributed by atoms with Crippen LogP contribution in [0, 0.1) is 5.92 Å². The van der Waals surface area contributed by atoms with Crippen LogP contribution in [0.4, 0.5) is 5.69 Å². The third-order valence-corrected chi connectivity index (χ3v) is 6.00. The number of rotatable bonds is 4. The topological polar surface area (TPSA) is 78.4 Å². The molecule has 4 rings (SSSR count). The lowest BCUT2D eigenvalue weighted by Crippen LogP contribution is -2.53. The summed E-state index contributed by atoms with van der Waals surface area (Å²) in [6.45, 7) is 6.03. The zero-order valence-corrected chi connectivity index (χ0v) is 18.3. The molecule has 1 aromatic heterocycles. The number of piperazine rings is 1. The maximum Gasteiger partial charge on any atom is 0.329 e. The van der Waals surface area contributed by atoms with E-state index in [0.717, 1.165) is 10.3 Å². The van der Waals surface area contributed by atoms with Gasteiger partial charge in [0.15, 0.2) is 0 Å². The van der Waals surface area contributed by atoms with E-state index in [1.807, 2.05) is 38.1 Å². The number of hydrogen-bond acceptors (Lipinski definition) is 4. The lowest BCUT2D eigenvalue weighted by molar-refractivity contribution is -0.136. The number of carbonyl (C=O) groups is 1. The number of aromatic amines is 1. The maximum absolute atomic E-state index is 13.5. The Morgan fingerprint density at radius 2 is 1.71 bits per heavy atom. The van der Waals surface area contributed by atoms with Gasteiger partial charge in [0.1, 0.15) is 6.04 Å². The van der Waals surface area contributed by atoms with Crippen LogP contribution in [0.25, 0.3) is 10.9 Å². The number of nitrogens with zero attached hydrogens (tertiary/aromatic N) is 3. The van der Waals surface area contributed by atoms with E-state index in [1.165, 1.54) is 0 Å². The molecule has 0 radical (unpaired) electrons. The molecule has 0 saturated carbocycles. The van der Waals surface area contributed by atoms with Gasteiger partial charge in [-0.15, -0.1) is 0 Å². The monoisotopic (exact) mass is 440 g/mol. The van der Waals surface area contributed by atoms with E-state index in [9.17, 15) is 14.4 Å².